The average Bonchev–Trinajstić information content (AvgIpc) is 2.58. The molecule has 0 bridgehead atoms. The molecule has 2 rings (SSSR count). The summed E-state index contributed by atoms with van der Waals surface area (Å²) in [6.45, 7) is 4.19. The zero-order valence-corrected chi connectivity index (χ0v) is 9.64. The molecule has 0 unspecified atom stereocenters. The number of hydrogen-bond donors (Lipinski definition) is 1. The molecule has 1 nitrogen and oxygen atoms in total. The molecule has 15 heavy (non-hydrogen) atoms. The summed E-state index contributed by atoms with van der Waals surface area (Å²) in [6, 6.07) is 6.96. The molecule has 0 fully saturated rings. The average molecular weight is 223 g/mol. The highest BCUT2D eigenvalue weighted by Gasteiger charge is 2.13. The van der Waals surface area contributed by atoms with Gasteiger partial charge in [0, 0.05) is 15.6 Å². The Balaban J connectivity index is 2.47. The lowest BCUT2D eigenvalue weighted by molar-refractivity contribution is 0.522. The van der Waals surface area contributed by atoms with E-state index in [0.29, 0.717) is 5.92 Å². The molecule has 0 amide bonds. The lowest BCUT2D eigenvalue weighted by Crippen LogP contribution is -2.14. The van der Waals surface area contributed by atoms with Crippen LogP contribution in [0.15, 0.2) is 24.3 Å². The Bertz CT molecular complexity index is 475. The van der Waals surface area contributed by atoms with Gasteiger partial charge in [-0.25, -0.2) is 4.39 Å². The number of hydrogen-bond acceptors (Lipinski definition) is 2. The number of rotatable bonds is 2. The topological polar surface area (TPSA) is 26.0 Å². The molecular formula is C12H14FNS. The third kappa shape index (κ3) is 2.03. The highest BCUT2D eigenvalue weighted by atomic mass is 32.1. The minimum atomic E-state index is -0.186. The molecule has 80 valence electrons. The van der Waals surface area contributed by atoms with Crippen LogP contribution >= 0.6 is 11.3 Å². The quantitative estimate of drug-likeness (QED) is 0.825. The van der Waals surface area contributed by atoms with Crippen molar-refractivity contribution >= 4 is 21.4 Å². The third-order valence-corrected chi connectivity index (χ3v) is 3.75. The maximum absolute atomic E-state index is 13.0. The van der Waals surface area contributed by atoms with Gasteiger partial charge in [0.15, 0.2) is 0 Å². The molecule has 0 spiro atoms. The van der Waals surface area contributed by atoms with E-state index in [1.165, 1.54) is 6.07 Å². The standard InChI is InChI=1S/C12H14FNS/c1-7(2)12(14)11-5-8-3-4-9(13)6-10(8)15-11/h3-7,12H,14H2,1-2H3/t12-/m1/s1. The Hall–Kier alpha value is -0.930. The van der Waals surface area contributed by atoms with Crippen molar-refractivity contribution in [3.8, 4) is 0 Å². The second-order valence-corrected chi connectivity index (χ2v) is 5.22. The molecular weight excluding hydrogens is 209 g/mol. The Morgan fingerprint density at radius 3 is 2.67 bits per heavy atom. The maximum Gasteiger partial charge on any atom is 0.124 e. The number of fused-ring (bicyclic) bond motifs is 1. The Labute approximate surface area is 92.7 Å². The monoisotopic (exact) mass is 223 g/mol. The summed E-state index contributed by atoms with van der Waals surface area (Å²) >= 11 is 1.58. The largest absolute Gasteiger partial charge is 0.323 e. The van der Waals surface area contributed by atoms with Crippen LogP contribution in [-0.4, -0.2) is 0 Å². The Kier molecular flexibility index (Phi) is 2.76. The van der Waals surface area contributed by atoms with Gasteiger partial charge in [0.1, 0.15) is 5.82 Å². The first-order valence-corrected chi connectivity index (χ1v) is 5.84. The van der Waals surface area contributed by atoms with E-state index in [0.717, 1.165) is 15.0 Å². The van der Waals surface area contributed by atoms with Crippen LogP contribution in [0, 0.1) is 11.7 Å². The predicted octanol–water partition coefficient (Wildman–Crippen LogP) is 3.70. The van der Waals surface area contributed by atoms with E-state index in [1.807, 2.05) is 0 Å². The van der Waals surface area contributed by atoms with Crippen molar-refractivity contribution in [3.05, 3.63) is 35.0 Å². The van der Waals surface area contributed by atoms with E-state index in [1.54, 1.807) is 23.5 Å². The number of nitrogens with two attached hydrogens (primary N) is 1. The van der Waals surface area contributed by atoms with E-state index in [4.69, 9.17) is 5.73 Å². The van der Waals surface area contributed by atoms with E-state index < -0.39 is 0 Å². The first-order chi connectivity index (χ1) is 7.08. The molecule has 0 aliphatic heterocycles. The van der Waals surface area contributed by atoms with Gasteiger partial charge in [-0.1, -0.05) is 19.9 Å². The SMILES string of the molecule is CC(C)[C@@H](N)c1cc2ccc(F)cc2s1. The predicted molar refractivity (Wildman–Crippen MR) is 63.5 cm³/mol. The van der Waals surface area contributed by atoms with Crippen molar-refractivity contribution in [2.45, 2.75) is 19.9 Å². The maximum atomic E-state index is 13.0. The summed E-state index contributed by atoms with van der Waals surface area (Å²) in [6.07, 6.45) is 0. The summed E-state index contributed by atoms with van der Waals surface area (Å²) < 4.78 is 14.0. The lowest BCUT2D eigenvalue weighted by Gasteiger charge is -2.12. The normalized spacial score (nSPS) is 13.7. The second-order valence-electron chi connectivity index (χ2n) is 4.10. The highest BCUT2D eigenvalue weighted by Crippen LogP contribution is 2.32. The molecule has 0 radical (unpaired) electrons. The molecule has 1 aromatic carbocycles. The molecule has 0 saturated carbocycles. The van der Waals surface area contributed by atoms with Crippen LogP contribution in [0.2, 0.25) is 0 Å². The minimum Gasteiger partial charge on any atom is -0.323 e. The minimum absolute atomic E-state index is 0.0467. The van der Waals surface area contributed by atoms with Gasteiger partial charge in [0.05, 0.1) is 0 Å². The van der Waals surface area contributed by atoms with Crippen LogP contribution in [0.4, 0.5) is 4.39 Å². The fraction of sp³-hybridized carbons (Fsp3) is 0.333. The van der Waals surface area contributed by atoms with Crippen molar-refractivity contribution in [3.63, 3.8) is 0 Å². The van der Waals surface area contributed by atoms with Gasteiger partial charge >= 0.3 is 0 Å². The van der Waals surface area contributed by atoms with E-state index in [2.05, 4.69) is 19.9 Å². The highest BCUT2D eigenvalue weighted by molar-refractivity contribution is 7.19. The van der Waals surface area contributed by atoms with Crippen LogP contribution in [0.1, 0.15) is 24.8 Å². The van der Waals surface area contributed by atoms with Gasteiger partial charge in [0.25, 0.3) is 0 Å². The van der Waals surface area contributed by atoms with Gasteiger partial charge in [-0.15, -0.1) is 11.3 Å². The fourth-order valence-corrected chi connectivity index (χ4v) is 2.78. The lowest BCUT2D eigenvalue weighted by atomic mass is 10.0. The van der Waals surface area contributed by atoms with Gasteiger partial charge in [-0.3, -0.25) is 0 Å². The molecule has 2 aromatic rings. The smallest absolute Gasteiger partial charge is 0.124 e. The van der Waals surface area contributed by atoms with Crippen LogP contribution < -0.4 is 5.73 Å². The number of thiophene rings is 1. The summed E-state index contributed by atoms with van der Waals surface area (Å²) in [5.74, 6) is 0.219. The summed E-state index contributed by atoms with van der Waals surface area (Å²) in [5, 5.41) is 1.08. The molecule has 1 aromatic heterocycles. The molecule has 0 aliphatic rings. The van der Waals surface area contributed by atoms with Gasteiger partial charge < -0.3 is 5.73 Å². The first kappa shape index (κ1) is 10.6. The molecule has 1 heterocycles. The van der Waals surface area contributed by atoms with Crippen molar-refractivity contribution < 1.29 is 4.39 Å². The van der Waals surface area contributed by atoms with Gasteiger partial charge in [-0.05, 0) is 29.5 Å². The number of benzene rings is 1. The molecule has 3 heteroatoms. The van der Waals surface area contributed by atoms with Crippen molar-refractivity contribution in [1.29, 1.82) is 0 Å². The Morgan fingerprint density at radius 2 is 2.00 bits per heavy atom. The molecule has 1 atom stereocenters. The summed E-state index contributed by atoms with van der Waals surface area (Å²) in [7, 11) is 0. The zero-order chi connectivity index (χ0) is 11.0. The van der Waals surface area contributed by atoms with E-state index >= 15 is 0 Å². The van der Waals surface area contributed by atoms with Gasteiger partial charge in [0.2, 0.25) is 0 Å². The van der Waals surface area contributed by atoms with Crippen molar-refractivity contribution in [2.75, 3.05) is 0 Å². The fourth-order valence-electron chi connectivity index (χ4n) is 1.52. The van der Waals surface area contributed by atoms with Crippen LogP contribution in [0.25, 0.3) is 10.1 Å². The van der Waals surface area contributed by atoms with Crippen molar-refractivity contribution in [2.24, 2.45) is 11.7 Å². The summed E-state index contributed by atoms with van der Waals surface area (Å²) in [5.41, 5.74) is 6.06. The molecule has 0 aliphatic carbocycles. The van der Waals surface area contributed by atoms with Crippen molar-refractivity contribution in [1.82, 2.24) is 0 Å². The summed E-state index contributed by atoms with van der Waals surface area (Å²) in [4.78, 5) is 1.13. The zero-order valence-electron chi connectivity index (χ0n) is 8.83. The second kappa shape index (κ2) is 3.91. The van der Waals surface area contributed by atoms with E-state index in [-0.39, 0.29) is 11.9 Å². The van der Waals surface area contributed by atoms with Crippen LogP contribution in [0.5, 0.6) is 0 Å². The van der Waals surface area contributed by atoms with Crippen LogP contribution in [0.3, 0.4) is 0 Å². The third-order valence-electron chi connectivity index (χ3n) is 2.55. The van der Waals surface area contributed by atoms with Gasteiger partial charge in [-0.2, -0.15) is 0 Å². The van der Waals surface area contributed by atoms with Crippen LogP contribution in [-0.2, 0) is 0 Å². The Morgan fingerprint density at radius 1 is 1.27 bits per heavy atom. The first-order valence-electron chi connectivity index (χ1n) is 5.02. The molecule has 2 N–H and O–H groups in total. The number of halogens is 1. The molecule has 0 saturated heterocycles. The van der Waals surface area contributed by atoms with E-state index in [9.17, 15) is 4.39 Å².